The molecule has 5 rings (SSSR count). The molecular weight excluding hydrogens is 346 g/mol. The third-order valence-electron chi connectivity index (χ3n) is 4.80. The van der Waals surface area contributed by atoms with Gasteiger partial charge in [-0.15, -0.1) is 0 Å². The van der Waals surface area contributed by atoms with Gasteiger partial charge in [0.05, 0.1) is 23.9 Å². The van der Waals surface area contributed by atoms with Crippen molar-refractivity contribution in [1.29, 1.82) is 0 Å². The van der Waals surface area contributed by atoms with Gasteiger partial charge < -0.3 is 14.8 Å². The lowest BCUT2D eigenvalue weighted by molar-refractivity contribution is 0.0878. The first-order valence-electron chi connectivity index (χ1n) is 8.26. The summed E-state index contributed by atoms with van der Waals surface area (Å²) < 4.78 is 5.19. The Morgan fingerprint density at radius 1 is 1.00 bits per heavy atom. The first-order valence-corrected chi connectivity index (χ1v) is 8.26. The highest BCUT2D eigenvalue weighted by Gasteiger charge is 2.34. The molecule has 0 saturated carbocycles. The molecule has 0 fully saturated rings. The number of hydrogen-bond acceptors (Lipinski definition) is 5. The van der Waals surface area contributed by atoms with Gasteiger partial charge in [-0.25, -0.2) is 4.98 Å². The second kappa shape index (κ2) is 5.31. The average Bonchev–Trinajstić information content (AvgIpc) is 3.19. The van der Waals surface area contributed by atoms with Gasteiger partial charge >= 0.3 is 0 Å². The van der Waals surface area contributed by atoms with Crippen LogP contribution in [0.15, 0.2) is 42.5 Å². The number of amides is 2. The van der Waals surface area contributed by atoms with Crippen molar-refractivity contribution >= 4 is 33.6 Å². The van der Waals surface area contributed by atoms with Crippen molar-refractivity contribution in [3.05, 3.63) is 53.7 Å². The summed E-state index contributed by atoms with van der Waals surface area (Å²) in [5.74, 6) is -0.818. The van der Waals surface area contributed by atoms with Crippen LogP contribution in [0, 0.1) is 0 Å². The molecule has 0 spiro atoms. The van der Waals surface area contributed by atoms with Gasteiger partial charge in [-0.3, -0.25) is 14.9 Å². The zero-order valence-corrected chi connectivity index (χ0v) is 14.2. The number of phenols is 1. The van der Waals surface area contributed by atoms with E-state index < -0.39 is 11.8 Å². The number of aromatic amines is 1. The van der Waals surface area contributed by atoms with Gasteiger partial charge in [0, 0.05) is 21.9 Å². The van der Waals surface area contributed by atoms with Gasteiger partial charge in [0.25, 0.3) is 11.8 Å². The lowest BCUT2D eigenvalue weighted by Gasteiger charge is -2.10. The van der Waals surface area contributed by atoms with E-state index in [1.54, 1.807) is 18.2 Å². The number of fused-ring (bicyclic) bond motifs is 5. The van der Waals surface area contributed by atoms with Crippen molar-refractivity contribution in [2.45, 2.75) is 0 Å². The van der Waals surface area contributed by atoms with Crippen LogP contribution in [-0.2, 0) is 0 Å². The minimum atomic E-state index is -0.550. The summed E-state index contributed by atoms with van der Waals surface area (Å²) in [4.78, 5) is 32.4. The van der Waals surface area contributed by atoms with Crippen LogP contribution in [0.1, 0.15) is 20.8 Å². The summed E-state index contributed by atoms with van der Waals surface area (Å²) in [7, 11) is 1.46. The number of H-pyrrole nitrogens is 1. The first-order chi connectivity index (χ1) is 13.1. The molecule has 2 amide bonds. The number of pyridine rings is 1. The molecule has 2 aromatic heterocycles. The maximum absolute atomic E-state index is 12.4. The van der Waals surface area contributed by atoms with Crippen molar-refractivity contribution < 1.29 is 19.4 Å². The number of aromatic hydroxyl groups is 1. The van der Waals surface area contributed by atoms with Crippen molar-refractivity contribution in [2.24, 2.45) is 0 Å². The molecule has 0 aliphatic carbocycles. The highest BCUT2D eigenvalue weighted by atomic mass is 16.5. The number of ether oxygens (including phenoxy) is 1. The summed E-state index contributed by atoms with van der Waals surface area (Å²) in [5.41, 5.74) is 2.46. The molecule has 4 aromatic rings. The average molecular weight is 359 g/mol. The normalized spacial score (nSPS) is 13.2. The molecule has 0 atom stereocenters. The molecule has 2 aromatic carbocycles. The topological polar surface area (TPSA) is 104 Å². The van der Waals surface area contributed by atoms with Crippen LogP contribution in [0.2, 0.25) is 0 Å². The fourth-order valence-corrected chi connectivity index (χ4v) is 3.60. The number of aromatic nitrogens is 2. The molecule has 0 saturated heterocycles. The van der Waals surface area contributed by atoms with Crippen molar-refractivity contribution in [3.63, 3.8) is 0 Å². The smallest absolute Gasteiger partial charge is 0.277 e. The number of nitrogens with one attached hydrogen (secondary N) is 2. The van der Waals surface area contributed by atoms with Crippen LogP contribution in [0.5, 0.6) is 11.5 Å². The number of benzene rings is 2. The molecule has 0 bridgehead atoms. The van der Waals surface area contributed by atoms with E-state index in [1.165, 1.54) is 7.11 Å². The second-order valence-corrected chi connectivity index (χ2v) is 6.24. The minimum absolute atomic E-state index is 0.0504. The summed E-state index contributed by atoms with van der Waals surface area (Å²) >= 11 is 0. The number of methoxy groups -OCH3 is 1. The van der Waals surface area contributed by atoms with E-state index in [-0.39, 0.29) is 17.0 Å². The predicted octanol–water partition coefficient (Wildman–Crippen LogP) is 2.98. The van der Waals surface area contributed by atoms with Gasteiger partial charge in [0.1, 0.15) is 5.69 Å². The minimum Gasteiger partial charge on any atom is -0.504 e. The molecule has 7 nitrogen and oxygen atoms in total. The largest absolute Gasteiger partial charge is 0.504 e. The summed E-state index contributed by atoms with van der Waals surface area (Å²) in [5, 5.41) is 14.3. The second-order valence-electron chi connectivity index (χ2n) is 6.24. The maximum atomic E-state index is 12.4. The standard InChI is InChI=1S/C20H13N3O4/c1-27-12-8-4-6-10(18(12)24)15-16-13(9-5-2-3-7-11(9)21-16)14-17(22-15)20(26)23-19(14)25/h2-8,21,24H,1H3,(H,23,25,26). The third kappa shape index (κ3) is 1.99. The molecule has 27 heavy (non-hydrogen) atoms. The Morgan fingerprint density at radius 3 is 2.63 bits per heavy atom. The summed E-state index contributed by atoms with van der Waals surface area (Å²) in [6, 6.07) is 12.5. The summed E-state index contributed by atoms with van der Waals surface area (Å²) in [6.45, 7) is 0. The Labute approximate surface area is 152 Å². The zero-order chi connectivity index (χ0) is 18.7. The van der Waals surface area contributed by atoms with Gasteiger partial charge in [-0.1, -0.05) is 24.3 Å². The van der Waals surface area contributed by atoms with Gasteiger partial charge in [-0.2, -0.15) is 0 Å². The Kier molecular flexibility index (Phi) is 3.03. The quantitative estimate of drug-likeness (QED) is 0.477. The number of phenolic OH excluding ortho intramolecular Hbond substituents is 1. The number of carbonyl (C=O) groups excluding carboxylic acids is 2. The van der Waals surface area contributed by atoms with E-state index in [0.717, 1.165) is 10.9 Å². The fourth-order valence-electron chi connectivity index (χ4n) is 3.60. The van der Waals surface area contributed by atoms with E-state index in [0.29, 0.717) is 27.9 Å². The van der Waals surface area contributed by atoms with E-state index in [2.05, 4.69) is 15.3 Å². The number of imide groups is 1. The fraction of sp³-hybridized carbons (Fsp3) is 0.0500. The van der Waals surface area contributed by atoms with Gasteiger partial charge in [0.15, 0.2) is 11.5 Å². The van der Waals surface area contributed by atoms with Crippen LogP contribution in [-0.4, -0.2) is 34.0 Å². The van der Waals surface area contributed by atoms with E-state index in [9.17, 15) is 14.7 Å². The molecule has 3 heterocycles. The predicted molar refractivity (Wildman–Crippen MR) is 99.0 cm³/mol. The van der Waals surface area contributed by atoms with Crippen LogP contribution in [0.4, 0.5) is 0 Å². The zero-order valence-electron chi connectivity index (χ0n) is 14.2. The highest BCUT2D eigenvalue weighted by Crippen LogP contribution is 2.42. The van der Waals surface area contributed by atoms with Crippen molar-refractivity contribution in [1.82, 2.24) is 15.3 Å². The molecule has 132 valence electrons. The molecule has 1 aliphatic heterocycles. The number of nitrogens with zero attached hydrogens (tertiary/aromatic N) is 1. The Hall–Kier alpha value is -3.87. The van der Waals surface area contributed by atoms with Crippen LogP contribution < -0.4 is 10.1 Å². The summed E-state index contributed by atoms with van der Waals surface area (Å²) in [6.07, 6.45) is 0. The van der Waals surface area contributed by atoms with Crippen molar-refractivity contribution in [3.8, 4) is 22.8 Å². The number of hydrogen-bond donors (Lipinski definition) is 3. The van der Waals surface area contributed by atoms with E-state index >= 15 is 0 Å². The number of para-hydroxylation sites is 2. The van der Waals surface area contributed by atoms with Crippen LogP contribution >= 0.6 is 0 Å². The highest BCUT2D eigenvalue weighted by molar-refractivity contribution is 6.30. The Bertz CT molecular complexity index is 1290. The first kappa shape index (κ1) is 15.4. The Balaban J connectivity index is 1.98. The number of carbonyl (C=O) groups is 2. The lowest BCUT2D eigenvalue weighted by atomic mass is 10.0. The molecular formula is C20H13N3O4. The Morgan fingerprint density at radius 2 is 1.81 bits per heavy atom. The van der Waals surface area contributed by atoms with Crippen molar-refractivity contribution in [2.75, 3.05) is 7.11 Å². The molecule has 0 radical (unpaired) electrons. The van der Waals surface area contributed by atoms with E-state index in [4.69, 9.17) is 4.74 Å². The van der Waals surface area contributed by atoms with Gasteiger partial charge in [-0.05, 0) is 18.2 Å². The SMILES string of the molecule is COc1cccc(-c2nc3c(c4c2[nH]c2ccccc24)C(=O)NC3=O)c1O. The monoisotopic (exact) mass is 359 g/mol. The molecule has 3 N–H and O–H groups in total. The molecule has 7 heteroatoms. The molecule has 1 aliphatic rings. The maximum Gasteiger partial charge on any atom is 0.277 e. The van der Waals surface area contributed by atoms with Crippen LogP contribution in [0.3, 0.4) is 0 Å². The van der Waals surface area contributed by atoms with E-state index in [1.807, 2.05) is 24.3 Å². The number of rotatable bonds is 2. The van der Waals surface area contributed by atoms with Crippen LogP contribution in [0.25, 0.3) is 33.1 Å². The third-order valence-corrected chi connectivity index (χ3v) is 4.80. The lowest BCUT2D eigenvalue weighted by Crippen LogP contribution is -2.20. The molecule has 0 unspecified atom stereocenters. The van der Waals surface area contributed by atoms with Gasteiger partial charge in [0.2, 0.25) is 0 Å².